The number of likely N-dealkylation sites (tertiary alicyclic amines) is 1. The second kappa shape index (κ2) is 6.47. The smallest absolute Gasteiger partial charge is 0.233 e. The first-order valence-corrected chi connectivity index (χ1v) is 9.15. The average Bonchev–Trinajstić information content (AvgIpc) is 3.50. The summed E-state index contributed by atoms with van der Waals surface area (Å²) in [4.78, 5) is 27.9. The van der Waals surface area contributed by atoms with Crippen LogP contribution in [0.1, 0.15) is 41.6 Å². The summed E-state index contributed by atoms with van der Waals surface area (Å²) in [6.07, 6.45) is 3.61. The Morgan fingerprint density at radius 1 is 0.920 bits per heavy atom. The Bertz CT molecular complexity index is 765. The van der Waals surface area contributed by atoms with E-state index in [1.54, 1.807) is 0 Å². The van der Waals surface area contributed by atoms with Crippen LogP contribution in [0.3, 0.4) is 0 Å². The normalized spacial score (nSPS) is 21.6. The van der Waals surface area contributed by atoms with Gasteiger partial charge in [0, 0.05) is 24.6 Å². The SMILES string of the molecule is O=C(c1ccccc1)[C@@H]1CCCN(C(=O)C2(c3ccccc3)CC2)C1. The van der Waals surface area contributed by atoms with Crippen molar-refractivity contribution in [2.75, 3.05) is 13.1 Å². The van der Waals surface area contributed by atoms with Crippen LogP contribution in [-0.4, -0.2) is 29.7 Å². The van der Waals surface area contributed by atoms with E-state index in [0.29, 0.717) is 6.54 Å². The van der Waals surface area contributed by atoms with E-state index in [-0.39, 0.29) is 23.0 Å². The second-order valence-corrected chi connectivity index (χ2v) is 7.27. The largest absolute Gasteiger partial charge is 0.341 e. The average molecular weight is 333 g/mol. The molecule has 3 nitrogen and oxygen atoms in total. The third-order valence-corrected chi connectivity index (χ3v) is 5.62. The maximum absolute atomic E-state index is 13.2. The lowest BCUT2D eigenvalue weighted by atomic mass is 9.88. The van der Waals surface area contributed by atoms with Gasteiger partial charge in [-0.25, -0.2) is 0 Å². The number of benzene rings is 2. The standard InChI is InChI=1S/C22H23NO2/c24-20(17-8-3-1-4-9-17)18-10-7-15-23(16-18)21(25)22(13-14-22)19-11-5-2-6-12-19/h1-6,8-9,11-12,18H,7,10,13-16H2/t18-/m1/s1. The molecule has 0 bridgehead atoms. The molecule has 2 aliphatic rings. The first-order chi connectivity index (χ1) is 12.2. The molecule has 2 aromatic carbocycles. The van der Waals surface area contributed by atoms with E-state index in [1.807, 2.05) is 53.4 Å². The molecular formula is C22H23NO2. The van der Waals surface area contributed by atoms with E-state index in [4.69, 9.17) is 0 Å². The topological polar surface area (TPSA) is 37.4 Å². The minimum absolute atomic E-state index is 0.0772. The number of carbonyl (C=O) groups excluding carboxylic acids is 2. The quantitative estimate of drug-likeness (QED) is 0.797. The van der Waals surface area contributed by atoms with Gasteiger partial charge in [0.1, 0.15) is 0 Å². The third-order valence-electron chi connectivity index (χ3n) is 5.62. The molecule has 0 radical (unpaired) electrons. The van der Waals surface area contributed by atoms with Crippen LogP contribution in [0.5, 0.6) is 0 Å². The van der Waals surface area contributed by atoms with Gasteiger partial charge in [0.05, 0.1) is 5.41 Å². The van der Waals surface area contributed by atoms with Crippen LogP contribution < -0.4 is 0 Å². The molecule has 0 unspecified atom stereocenters. The van der Waals surface area contributed by atoms with Crippen molar-refractivity contribution < 1.29 is 9.59 Å². The van der Waals surface area contributed by atoms with Crippen molar-refractivity contribution in [3.05, 3.63) is 71.8 Å². The van der Waals surface area contributed by atoms with E-state index < -0.39 is 0 Å². The molecule has 1 aliphatic carbocycles. The Morgan fingerprint density at radius 3 is 2.20 bits per heavy atom. The predicted octanol–water partition coefficient (Wildman–Crippen LogP) is 3.84. The summed E-state index contributed by atoms with van der Waals surface area (Å²) in [6.45, 7) is 1.33. The van der Waals surface area contributed by atoms with E-state index >= 15 is 0 Å². The van der Waals surface area contributed by atoms with Gasteiger partial charge < -0.3 is 4.90 Å². The van der Waals surface area contributed by atoms with Gasteiger partial charge in [0.15, 0.2) is 5.78 Å². The number of hydrogen-bond donors (Lipinski definition) is 0. The zero-order valence-corrected chi connectivity index (χ0v) is 14.4. The van der Waals surface area contributed by atoms with Gasteiger partial charge in [-0.2, -0.15) is 0 Å². The van der Waals surface area contributed by atoms with E-state index in [9.17, 15) is 9.59 Å². The van der Waals surface area contributed by atoms with E-state index in [1.165, 1.54) is 0 Å². The van der Waals surface area contributed by atoms with E-state index in [0.717, 1.165) is 43.4 Å². The molecule has 0 spiro atoms. The van der Waals surface area contributed by atoms with Gasteiger partial charge in [-0.1, -0.05) is 60.7 Å². The highest BCUT2D eigenvalue weighted by Gasteiger charge is 2.53. The minimum atomic E-state index is -0.334. The maximum Gasteiger partial charge on any atom is 0.233 e. The molecule has 1 aliphatic heterocycles. The highest BCUT2D eigenvalue weighted by Crippen LogP contribution is 2.50. The Balaban J connectivity index is 1.50. The zero-order valence-electron chi connectivity index (χ0n) is 14.4. The fourth-order valence-corrected chi connectivity index (χ4v) is 4.02. The molecule has 2 aromatic rings. The number of Topliss-reactive ketones (excluding diaryl/α,β-unsaturated/α-hetero) is 1. The Labute approximate surface area is 148 Å². The lowest BCUT2D eigenvalue weighted by Gasteiger charge is -2.34. The summed E-state index contributed by atoms with van der Waals surface area (Å²) in [5.41, 5.74) is 1.54. The molecule has 4 rings (SSSR count). The summed E-state index contributed by atoms with van der Waals surface area (Å²) < 4.78 is 0. The van der Waals surface area contributed by atoms with Crippen molar-refractivity contribution in [3.8, 4) is 0 Å². The van der Waals surface area contributed by atoms with Crippen molar-refractivity contribution in [3.63, 3.8) is 0 Å². The lowest BCUT2D eigenvalue weighted by Crippen LogP contribution is -2.46. The highest BCUT2D eigenvalue weighted by molar-refractivity contribution is 5.98. The maximum atomic E-state index is 13.2. The molecule has 1 amide bonds. The Kier molecular flexibility index (Phi) is 4.16. The summed E-state index contributed by atoms with van der Waals surface area (Å²) in [5.74, 6) is 0.304. The summed E-state index contributed by atoms with van der Waals surface area (Å²) in [7, 11) is 0. The van der Waals surface area contributed by atoms with Crippen molar-refractivity contribution in [1.29, 1.82) is 0 Å². The molecule has 3 heteroatoms. The molecule has 1 atom stereocenters. The third kappa shape index (κ3) is 2.99. The second-order valence-electron chi connectivity index (χ2n) is 7.27. The lowest BCUT2D eigenvalue weighted by molar-refractivity contribution is -0.135. The van der Waals surface area contributed by atoms with Crippen LogP contribution in [0.25, 0.3) is 0 Å². The minimum Gasteiger partial charge on any atom is -0.341 e. The van der Waals surface area contributed by atoms with Crippen LogP contribution >= 0.6 is 0 Å². The molecule has 1 saturated heterocycles. The fraction of sp³-hybridized carbons (Fsp3) is 0.364. The van der Waals surface area contributed by atoms with Crippen molar-refractivity contribution in [1.82, 2.24) is 4.90 Å². The van der Waals surface area contributed by atoms with Gasteiger partial charge in [-0.05, 0) is 31.2 Å². The molecule has 0 N–H and O–H groups in total. The highest BCUT2D eigenvalue weighted by atomic mass is 16.2. The Hall–Kier alpha value is -2.42. The van der Waals surface area contributed by atoms with Crippen LogP contribution in [0.4, 0.5) is 0 Å². The summed E-state index contributed by atoms with van der Waals surface area (Å²) in [5, 5.41) is 0. The molecular weight excluding hydrogens is 310 g/mol. The van der Waals surface area contributed by atoms with Gasteiger partial charge in [-0.3, -0.25) is 9.59 Å². The van der Waals surface area contributed by atoms with Crippen LogP contribution in [-0.2, 0) is 10.2 Å². The van der Waals surface area contributed by atoms with E-state index in [2.05, 4.69) is 12.1 Å². The number of amides is 1. The fourth-order valence-electron chi connectivity index (χ4n) is 4.02. The number of hydrogen-bond acceptors (Lipinski definition) is 2. The molecule has 128 valence electrons. The molecule has 1 saturated carbocycles. The monoisotopic (exact) mass is 333 g/mol. The summed E-state index contributed by atoms with van der Waals surface area (Å²) in [6, 6.07) is 19.6. The molecule has 1 heterocycles. The van der Waals surface area contributed by atoms with Crippen LogP contribution in [0.2, 0.25) is 0 Å². The predicted molar refractivity (Wildman–Crippen MR) is 97.4 cm³/mol. The molecule has 25 heavy (non-hydrogen) atoms. The van der Waals surface area contributed by atoms with Gasteiger partial charge in [0.2, 0.25) is 5.91 Å². The van der Waals surface area contributed by atoms with Gasteiger partial charge in [0.25, 0.3) is 0 Å². The number of piperidine rings is 1. The first kappa shape index (κ1) is 16.1. The van der Waals surface area contributed by atoms with Gasteiger partial charge >= 0.3 is 0 Å². The summed E-state index contributed by atoms with van der Waals surface area (Å²) >= 11 is 0. The van der Waals surface area contributed by atoms with Crippen LogP contribution in [0, 0.1) is 5.92 Å². The first-order valence-electron chi connectivity index (χ1n) is 9.15. The van der Waals surface area contributed by atoms with Crippen molar-refractivity contribution >= 4 is 11.7 Å². The van der Waals surface area contributed by atoms with Gasteiger partial charge in [-0.15, -0.1) is 0 Å². The number of carbonyl (C=O) groups is 2. The zero-order chi connectivity index (χ0) is 17.3. The number of ketones is 1. The Morgan fingerprint density at radius 2 is 1.56 bits per heavy atom. The van der Waals surface area contributed by atoms with Crippen LogP contribution in [0.15, 0.2) is 60.7 Å². The molecule has 2 fully saturated rings. The number of rotatable bonds is 4. The molecule has 0 aromatic heterocycles. The van der Waals surface area contributed by atoms with Crippen molar-refractivity contribution in [2.24, 2.45) is 5.92 Å². The van der Waals surface area contributed by atoms with Crippen molar-refractivity contribution in [2.45, 2.75) is 31.1 Å². The number of nitrogens with zero attached hydrogens (tertiary/aromatic N) is 1.